The smallest absolute Gasteiger partial charge is 0.338 e. The number of hydrogen-bond acceptors (Lipinski definition) is 7. The number of thiazole rings is 1. The number of nitrogens with zero attached hydrogens (tertiary/aromatic N) is 2. The third kappa shape index (κ3) is 5.08. The Kier molecular flexibility index (Phi) is 7.80. The third-order valence-electron chi connectivity index (χ3n) is 5.55. The zero-order chi connectivity index (χ0) is 24.1. The number of unbranched alkanes of at least 4 members (excludes halogenated alkanes) is 2. The van der Waals surface area contributed by atoms with Gasteiger partial charge in [0.1, 0.15) is 5.75 Å². The maximum Gasteiger partial charge on any atom is 0.338 e. The topological polar surface area (TPSA) is 69.9 Å². The van der Waals surface area contributed by atoms with Gasteiger partial charge in [0.25, 0.3) is 5.56 Å². The first kappa shape index (κ1) is 24.2. The van der Waals surface area contributed by atoms with E-state index in [9.17, 15) is 9.59 Å². The molecule has 0 saturated heterocycles. The Labute approximate surface area is 206 Å². The first-order valence-corrected chi connectivity index (χ1v) is 13.2. The highest BCUT2D eigenvalue weighted by atomic mass is 32.1. The Morgan fingerprint density at radius 1 is 1.18 bits per heavy atom. The monoisotopic (exact) mass is 496 g/mol. The number of benzene rings is 1. The number of hydrogen-bond donors (Lipinski definition) is 0. The van der Waals surface area contributed by atoms with Gasteiger partial charge in [0.2, 0.25) is 0 Å². The Hall–Kier alpha value is -2.97. The van der Waals surface area contributed by atoms with Gasteiger partial charge in [0.15, 0.2) is 4.80 Å². The van der Waals surface area contributed by atoms with Crippen molar-refractivity contribution >= 4 is 34.7 Å². The summed E-state index contributed by atoms with van der Waals surface area (Å²) in [6.07, 6.45) is 5.16. The summed E-state index contributed by atoms with van der Waals surface area (Å²) in [5, 5.41) is 1.97. The van der Waals surface area contributed by atoms with E-state index < -0.39 is 12.0 Å². The Morgan fingerprint density at radius 3 is 2.65 bits per heavy atom. The Morgan fingerprint density at radius 2 is 1.97 bits per heavy atom. The molecule has 0 aliphatic carbocycles. The summed E-state index contributed by atoms with van der Waals surface area (Å²) < 4.78 is 13.4. The number of ether oxygens (including phenoxy) is 2. The minimum absolute atomic E-state index is 0.170. The van der Waals surface area contributed by atoms with Crippen LogP contribution in [0.5, 0.6) is 5.75 Å². The number of thiophene rings is 1. The van der Waals surface area contributed by atoms with E-state index in [4.69, 9.17) is 9.47 Å². The van der Waals surface area contributed by atoms with Crippen LogP contribution in [0.15, 0.2) is 62.8 Å². The SMILES string of the molecule is CCCCCOc1ccc(C2C(C(=O)OCC)=C(C)N=c3s/c(=C\c4cccs4)c(=O)n32)cc1. The molecule has 0 amide bonds. The van der Waals surface area contributed by atoms with Crippen molar-refractivity contribution in [3.8, 4) is 5.75 Å². The number of esters is 1. The molecule has 0 bridgehead atoms. The van der Waals surface area contributed by atoms with Crippen LogP contribution in [0.25, 0.3) is 6.08 Å². The van der Waals surface area contributed by atoms with Crippen molar-refractivity contribution in [3.05, 3.63) is 83.2 Å². The van der Waals surface area contributed by atoms with Gasteiger partial charge in [0.05, 0.1) is 35.1 Å². The highest BCUT2D eigenvalue weighted by molar-refractivity contribution is 7.11. The minimum Gasteiger partial charge on any atom is -0.494 e. The van der Waals surface area contributed by atoms with Gasteiger partial charge in [-0.3, -0.25) is 9.36 Å². The maximum absolute atomic E-state index is 13.5. The van der Waals surface area contributed by atoms with E-state index in [1.165, 1.54) is 11.3 Å². The lowest BCUT2D eigenvalue weighted by molar-refractivity contribution is -0.139. The molecule has 178 valence electrons. The number of allylic oxidation sites excluding steroid dienone is 1. The van der Waals surface area contributed by atoms with E-state index >= 15 is 0 Å². The minimum atomic E-state index is -0.616. The molecular weight excluding hydrogens is 468 g/mol. The van der Waals surface area contributed by atoms with Crippen LogP contribution in [0.4, 0.5) is 0 Å². The zero-order valence-electron chi connectivity index (χ0n) is 19.6. The van der Waals surface area contributed by atoms with Crippen molar-refractivity contribution in [2.45, 2.75) is 46.1 Å². The molecule has 1 aliphatic rings. The van der Waals surface area contributed by atoms with Crippen molar-refractivity contribution in [1.29, 1.82) is 0 Å². The van der Waals surface area contributed by atoms with E-state index in [1.54, 1.807) is 29.8 Å². The highest BCUT2D eigenvalue weighted by Gasteiger charge is 2.33. The van der Waals surface area contributed by atoms with Crippen LogP contribution in [0.2, 0.25) is 0 Å². The van der Waals surface area contributed by atoms with E-state index in [1.807, 2.05) is 47.9 Å². The zero-order valence-corrected chi connectivity index (χ0v) is 21.2. The molecular formula is C26H28N2O4S2. The van der Waals surface area contributed by atoms with Gasteiger partial charge in [-0.2, -0.15) is 0 Å². The second-order valence-electron chi connectivity index (χ2n) is 7.94. The van der Waals surface area contributed by atoms with E-state index in [-0.39, 0.29) is 12.2 Å². The molecule has 0 saturated carbocycles. The van der Waals surface area contributed by atoms with Crippen LogP contribution in [0.1, 0.15) is 56.5 Å². The molecule has 34 heavy (non-hydrogen) atoms. The summed E-state index contributed by atoms with van der Waals surface area (Å²) >= 11 is 2.90. The number of carbonyl (C=O) groups excluding carboxylic acids is 1. The molecule has 0 fully saturated rings. The van der Waals surface area contributed by atoms with Gasteiger partial charge in [-0.15, -0.1) is 11.3 Å². The van der Waals surface area contributed by atoms with Crippen molar-refractivity contribution in [2.75, 3.05) is 13.2 Å². The fraction of sp³-hybridized carbons (Fsp3) is 0.346. The molecule has 0 radical (unpaired) electrons. The molecule has 0 N–H and O–H groups in total. The normalized spacial score (nSPS) is 15.7. The number of carbonyl (C=O) groups is 1. The van der Waals surface area contributed by atoms with Gasteiger partial charge in [-0.05, 0) is 55.5 Å². The van der Waals surface area contributed by atoms with Crippen LogP contribution in [-0.2, 0) is 9.53 Å². The summed E-state index contributed by atoms with van der Waals surface area (Å²) in [5.74, 6) is 0.310. The number of aromatic nitrogens is 1. The summed E-state index contributed by atoms with van der Waals surface area (Å²) in [4.78, 5) is 32.7. The van der Waals surface area contributed by atoms with Gasteiger partial charge >= 0.3 is 5.97 Å². The van der Waals surface area contributed by atoms with Gasteiger partial charge in [-0.1, -0.05) is 49.3 Å². The van der Waals surface area contributed by atoms with E-state index in [2.05, 4.69) is 11.9 Å². The van der Waals surface area contributed by atoms with Crippen LogP contribution in [0, 0.1) is 0 Å². The lowest BCUT2D eigenvalue weighted by Crippen LogP contribution is -2.39. The standard InChI is InChI=1S/C26H28N2O4S2/c1-4-6-7-14-32-19-12-10-18(11-13-19)23-22(25(30)31-5-2)17(3)27-26-28(23)24(29)21(34-26)16-20-9-8-15-33-20/h8-13,15-16,23H,4-7,14H2,1-3H3/b21-16-. The summed E-state index contributed by atoms with van der Waals surface area (Å²) in [7, 11) is 0. The average molecular weight is 497 g/mol. The molecule has 8 heteroatoms. The molecule has 1 atom stereocenters. The highest BCUT2D eigenvalue weighted by Crippen LogP contribution is 2.31. The largest absolute Gasteiger partial charge is 0.494 e. The van der Waals surface area contributed by atoms with E-state index in [0.29, 0.717) is 27.2 Å². The molecule has 2 aromatic heterocycles. The quantitative estimate of drug-likeness (QED) is 0.325. The van der Waals surface area contributed by atoms with Gasteiger partial charge in [0, 0.05) is 4.88 Å². The molecule has 3 heterocycles. The number of fused-ring (bicyclic) bond motifs is 1. The Bertz CT molecular complexity index is 1350. The lowest BCUT2D eigenvalue weighted by atomic mass is 9.96. The summed E-state index contributed by atoms with van der Waals surface area (Å²) in [6, 6.07) is 10.9. The second kappa shape index (κ2) is 11.0. The first-order chi connectivity index (χ1) is 16.5. The van der Waals surface area contributed by atoms with Gasteiger partial charge < -0.3 is 9.47 Å². The predicted molar refractivity (Wildman–Crippen MR) is 136 cm³/mol. The molecule has 6 nitrogen and oxygen atoms in total. The molecule has 1 aromatic carbocycles. The van der Waals surface area contributed by atoms with Crippen LogP contribution in [0.3, 0.4) is 0 Å². The van der Waals surface area contributed by atoms with Gasteiger partial charge in [-0.25, -0.2) is 9.79 Å². The van der Waals surface area contributed by atoms with Crippen molar-refractivity contribution < 1.29 is 14.3 Å². The van der Waals surface area contributed by atoms with Crippen LogP contribution >= 0.6 is 22.7 Å². The predicted octanol–water partition coefficient (Wildman–Crippen LogP) is 4.43. The molecule has 1 unspecified atom stereocenters. The number of rotatable bonds is 9. The van der Waals surface area contributed by atoms with E-state index in [0.717, 1.165) is 35.5 Å². The second-order valence-corrected chi connectivity index (χ2v) is 9.93. The first-order valence-electron chi connectivity index (χ1n) is 11.5. The average Bonchev–Trinajstić information content (AvgIpc) is 3.44. The molecule has 1 aliphatic heterocycles. The summed E-state index contributed by atoms with van der Waals surface area (Å²) in [6.45, 7) is 6.63. The lowest BCUT2D eigenvalue weighted by Gasteiger charge is -2.24. The Balaban J connectivity index is 1.78. The van der Waals surface area contributed by atoms with Crippen LogP contribution in [-0.4, -0.2) is 23.8 Å². The maximum atomic E-state index is 13.5. The third-order valence-corrected chi connectivity index (χ3v) is 7.35. The van der Waals surface area contributed by atoms with Crippen molar-refractivity contribution in [2.24, 2.45) is 4.99 Å². The summed E-state index contributed by atoms with van der Waals surface area (Å²) in [5.41, 5.74) is 1.58. The fourth-order valence-electron chi connectivity index (χ4n) is 3.90. The van der Waals surface area contributed by atoms with Crippen molar-refractivity contribution in [3.63, 3.8) is 0 Å². The fourth-order valence-corrected chi connectivity index (χ4v) is 5.67. The van der Waals surface area contributed by atoms with Crippen molar-refractivity contribution in [1.82, 2.24) is 4.57 Å². The van der Waals surface area contributed by atoms with Crippen LogP contribution < -0.4 is 19.6 Å². The molecule has 3 aromatic rings. The molecule has 0 spiro atoms. The molecule has 4 rings (SSSR count).